The Hall–Kier alpha value is -0.590. The first-order chi connectivity index (χ1) is 8.01. The Morgan fingerprint density at radius 1 is 1.35 bits per heavy atom. The molecule has 1 heteroatoms. The molecule has 5 atom stereocenters. The van der Waals surface area contributed by atoms with Crippen LogP contribution in [-0.2, 0) is 4.79 Å². The quantitative estimate of drug-likeness (QED) is 0.673. The fourth-order valence-corrected chi connectivity index (χ4v) is 5.29. The van der Waals surface area contributed by atoms with Gasteiger partial charge in [-0.1, -0.05) is 19.9 Å². The summed E-state index contributed by atoms with van der Waals surface area (Å²) in [7, 11) is 0. The van der Waals surface area contributed by atoms with Gasteiger partial charge in [0.2, 0.25) is 0 Å². The SMILES string of the molecule is C=C(C)C(=O)CC1(C)CC2CC1C1CCCC21. The molecule has 3 fully saturated rings. The maximum absolute atomic E-state index is 12.0. The number of Topliss-reactive ketones (excluding diaryl/α,β-unsaturated/α-hetero) is 1. The highest BCUT2D eigenvalue weighted by atomic mass is 16.1. The van der Waals surface area contributed by atoms with Gasteiger partial charge in [0.1, 0.15) is 0 Å². The number of ketones is 1. The lowest BCUT2D eigenvalue weighted by Gasteiger charge is -2.40. The van der Waals surface area contributed by atoms with Gasteiger partial charge in [0.25, 0.3) is 0 Å². The van der Waals surface area contributed by atoms with Crippen LogP contribution in [0, 0.1) is 29.1 Å². The van der Waals surface area contributed by atoms with Crippen molar-refractivity contribution >= 4 is 5.78 Å². The zero-order chi connectivity index (χ0) is 12.2. The number of hydrogen-bond donors (Lipinski definition) is 0. The van der Waals surface area contributed by atoms with Crippen molar-refractivity contribution in [2.24, 2.45) is 29.1 Å². The third kappa shape index (κ3) is 1.62. The second kappa shape index (κ2) is 3.70. The van der Waals surface area contributed by atoms with E-state index in [9.17, 15) is 4.79 Å². The van der Waals surface area contributed by atoms with Gasteiger partial charge in [0.05, 0.1) is 0 Å². The summed E-state index contributed by atoms with van der Waals surface area (Å²) in [6.07, 6.45) is 7.81. The van der Waals surface area contributed by atoms with Crippen molar-refractivity contribution < 1.29 is 4.79 Å². The number of rotatable bonds is 3. The minimum atomic E-state index is 0.298. The first kappa shape index (κ1) is 11.5. The molecule has 0 aromatic heterocycles. The molecule has 0 heterocycles. The van der Waals surface area contributed by atoms with E-state index in [4.69, 9.17) is 0 Å². The van der Waals surface area contributed by atoms with E-state index in [1.807, 2.05) is 6.92 Å². The third-order valence-electron chi connectivity index (χ3n) is 5.97. The molecule has 0 radical (unpaired) electrons. The van der Waals surface area contributed by atoms with Crippen LogP contribution in [0.4, 0.5) is 0 Å². The predicted molar refractivity (Wildman–Crippen MR) is 69.6 cm³/mol. The fraction of sp³-hybridized carbons (Fsp3) is 0.812. The molecule has 5 unspecified atom stereocenters. The molecule has 2 bridgehead atoms. The molecule has 3 saturated carbocycles. The van der Waals surface area contributed by atoms with Crippen molar-refractivity contribution in [3.05, 3.63) is 12.2 Å². The topological polar surface area (TPSA) is 17.1 Å². The Labute approximate surface area is 105 Å². The standard InChI is InChI=1S/C16H24O/c1-10(2)15(17)9-16(3)8-11-7-14(16)13-6-4-5-12(11)13/h11-14H,1,4-9H2,2-3H3. The lowest BCUT2D eigenvalue weighted by Crippen LogP contribution is -2.34. The minimum absolute atomic E-state index is 0.298. The van der Waals surface area contributed by atoms with E-state index >= 15 is 0 Å². The Kier molecular flexibility index (Phi) is 2.50. The van der Waals surface area contributed by atoms with Crippen molar-refractivity contribution in [2.45, 2.75) is 52.4 Å². The summed E-state index contributed by atoms with van der Waals surface area (Å²) in [4.78, 5) is 12.0. The number of carbonyl (C=O) groups is 1. The summed E-state index contributed by atoms with van der Waals surface area (Å²) in [6, 6.07) is 0. The van der Waals surface area contributed by atoms with Crippen LogP contribution in [-0.4, -0.2) is 5.78 Å². The Bertz CT molecular complexity index is 370. The zero-order valence-corrected chi connectivity index (χ0v) is 11.2. The molecule has 0 saturated heterocycles. The highest BCUT2D eigenvalue weighted by molar-refractivity contribution is 5.94. The van der Waals surface area contributed by atoms with Crippen molar-refractivity contribution in [3.8, 4) is 0 Å². The van der Waals surface area contributed by atoms with Gasteiger partial charge in [0.15, 0.2) is 5.78 Å². The third-order valence-corrected chi connectivity index (χ3v) is 5.97. The van der Waals surface area contributed by atoms with Crippen LogP contribution in [0.5, 0.6) is 0 Å². The van der Waals surface area contributed by atoms with Gasteiger partial charge in [-0.2, -0.15) is 0 Å². The first-order valence-electron chi connectivity index (χ1n) is 7.20. The van der Waals surface area contributed by atoms with Crippen LogP contribution < -0.4 is 0 Å². The Balaban J connectivity index is 1.77. The van der Waals surface area contributed by atoms with Crippen LogP contribution in [0.3, 0.4) is 0 Å². The highest BCUT2D eigenvalue weighted by Gasteiger charge is 2.58. The van der Waals surface area contributed by atoms with Gasteiger partial charge < -0.3 is 0 Å². The van der Waals surface area contributed by atoms with Gasteiger partial charge in [-0.3, -0.25) is 4.79 Å². The number of carbonyl (C=O) groups excluding carboxylic acids is 1. The van der Waals surface area contributed by atoms with Crippen molar-refractivity contribution in [1.29, 1.82) is 0 Å². The summed E-state index contributed by atoms with van der Waals surface area (Å²) in [5, 5.41) is 0. The normalized spacial score (nSPS) is 47.2. The van der Waals surface area contributed by atoms with E-state index in [0.717, 1.165) is 35.7 Å². The monoisotopic (exact) mass is 232 g/mol. The molecular formula is C16H24O. The summed E-state index contributed by atoms with van der Waals surface area (Å²) in [6.45, 7) is 8.03. The Morgan fingerprint density at radius 3 is 2.76 bits per heavy atom. The molecule has 1 nitrogen and oxygen atoms in total. The summed E-state index contributed by atoms with van der Waals surface area (Å²) >= 11 is 0. The van der Waals surface area contributed by atoms with Crippen LogP contribution in [0.25, 0.3) is 0 Å². The molecule has 0 aliphatic heterocycles. The van der Waals surface area contributed by atoms with Crippen molar-refractivity contribution in [2.75, 3.05) is 0 Å². The van der Waals surface area contributed by atoms with Gasteiger partial charge in [-0.15, -0.1) is 0 Å². The van der Waals surface area contributed by atoms with Crippen molar-refractivity contribution in [1.82, 2.24) is 0 Å². The summed E-state index contributed by atoms with van der Waals surface area (Å²) < 4.78 is 0. The van der Waals surface area contributed by atoms with Crippen LogP contribution in [0.2, 0.25) is 0 Å². The molecule has 3 aliphatic rings. The van der Waals surface area contributed by atoms with E-state index in [1.165, 1.54) is 32.1 Å². The van der Waals surface area contributed by atoms with E-state index in [0.29, 0.717) is 11.2 Å². The lowest BCUT2D eigenvalue weighted by atomic mass is 9.64. The first-order valence-corrected chi connectivity index (χ1v) is 7.20. The maximum Gasteiger partial charge on any atom is 0.158 e. The molecule has 0 aromatic carbocycles. The van der Waals surface area contributed by atoms with E-state index in [2.05, 4.69) is 13.5 Å². The van der Waals surface area contributed by atoms with Crippen LogP contribution >= 0.6 is 0 Å². The second-order valence-electron chi connectivity index (χ2n) is 7.10. The van der Waals surface area contributed by atoms with E-state index < -0.39 is 0 Å². The number of fused-ring (bicyclic) bond motifs is 5. The summed E-state index contributed by atoms with van der Waals surface area (Å²) in [5.41, 5.74) is 1.05. The minimum Gasteiger partial charge on any atom is -0.295 e. The molecule has 17 heavy (non-hydrogen) atoms. The van der Waals surface area contributed by atoms with E-state index in [-0.39, 0.29) is 0 Å². The highest BCUT2D eigenvalue weighted by Crippen LogP contribution is 2.66. The van der Waals surface area contributed by atoms with Crippen molar-refractivity contribution in [3.63, 3.8) is 0 Å². The lowest BCUT2D eigenvalue weighted by molar-refractivity contribution is -0.118. The number of hydrogen-bond acceptors (Lipinski definition) is 1. The molecular weight excluding hydrogens is 208 g/mol. The molecule has 3 rings (SSSR count). The van der Waals surface area contributed by atoms with E-state index in [1.54, 1.807) is 0 Å². The second-order valence-corrected chi connectivity index (χ2v) is 7.10. The van der Waals surface area contributed by atoms with Crippen LogP contribution in [0.15, 0.2) is 12.2 Å². The van der Waals surface area contributed by atoms with Crippen LogP contribution in [0.1, 0.15) is 52.4 Å². The average molecular weight is 232 g/mol. The van der Waals surface area contributed by atoms with Gasteiger partial charge in [0, 0.05) is 6.42 Å². The van der Waals surface area contributed by atoms with Gasteiger partial charge in [-0.25, -0.2) is 0 Å². The van der Waals surface area contributed by atoms with Gasteiger partial charge >= 0.3 is 0 Å². The largest absolute Gasteiger partial charge is 0.295 e. The maximum atomic E-state index is 12.0. The smallest absolute Gasteiger partial charge is 0.158 e. The molecule has 0 aromatic rings. The fourth-order valence-electron chi connectivity index (χ4n) is 5.29. The molecule has 94 valence electrons. The van der Waals surface area contributed by atoms with Gasteiger partial charge in [-0.05, 0) is 67.3 Å². The Morgan fingerprint density at radius 2 is 2.06 bits per heavy atom. The number of allylic oxidation sites excluding steroid dienone is 1. The zero-order valence-electron chi connectivity index (χ0n) is 11.2. The molecule has 0 N–H and O–H groups in total. The molecule has 0 amide bonds. The summed E-state index contributed by atoms with van der Waals surface area (Å²) in [5.74, 6) is 4.05. The predicted octanol–water partition coefficient (Wildman–Crippen LogP) is 3.98. The molecule has 0 spiro atoms. The molecule has 3 aliphatic carbocycles. The average Bonchev–Trinajstić information content (AvgIpc) is 2.86.